The number of rotatable bonds is 4. The van der Waals surface area contributed by atoms with Gasteiger partial charge in [-0.15, -0.1) is 0 Å². The Morgan fingerprint density at radius 1 is 1.11 bits per heavy atom. The van der Waals surface area contributed by atoms with Crippen molar-refractivity contribution in [1.82, 2.24) is 5.32 Å². The number of aliphatic hydroxyl groups is 2. The lowest BCUT2D eigenvalue weighted by molar-refractivity contribution is -0.249. The average molecular weight is 404 g/mol. The second-order valence-electron chi connectivity index (χ2n) is 8.19. The van der Waals surface area contributed by atoms with Gasteiger partial charge >= 0.3 is 12.2 Å². The first-order chi connectivity index (χ1) is 12.7. The Morgan fingerprint density at radius 2 is 1.68 bits per heavy atom. The fraction of sp³-hybridized carbons (Fsp3) is 0.875. The van der Waals surface area contributed by atoms with Crippen molar-refractivity contribution in [3.63, 3.8) is 0 Å². The summed E-state index contributed by atoms with van der Waals surface area (Å²) in [5.41, 5.74) is 6.76. The minimum atomic E-state index is -1.60. The van der Waals surface area contributed by atoms with E-state index in [-0.39, 0.29) is 6.54 Å². The van der Waals surface area contributed by atoms with Crippen LogP contribution in [0.5, 0.6) is 0 Å². The Balaban J connectivity index is 3.00. The normalized spacial score (nSPS) is 27.9. The number of hydrogen-bond donors (Lipinski definition) is 3. The van der Waals surface area contributed by atoms with Crippen LogP contribution in [0.2, 0.25) is 0 Å². The molecule has 1 fully saturated rings. The van der Waals surface area contributed by atoms with Gasteiger partial charge in [0.25, 0.3) is 0 Å². The maximum Gasteiger partial charge on any atom is 0.511 e. The third-order valence-electron chi connectivity index (χ3n) is 3.31. The molecule has 0 aromatic heterocycles. The number of hydrogen-bond acceptors (Lipinski definition) is 9. The fourth-order valence-electron chi connectivity index (χ4n) is 2.27. The maximum atomic E-state index is 12.1. The van der Waals surface area contributed by atoms with Gasteiger partial charge in [0.05, 0.1) is 12.6 Å². The Kier molecular flexibility index (Phi) is 7.88. The van der Waals surface area contributed by atoms with Gasteiger partial charge in [-0.2, -0.15) is 0 Å². The number of nitrogens with one attached hydrogen (secondary N) is 1. The number of carbonyl (C=O) groups is 2. The molecule has 5 atom stereocenters. The molecule has 0 aromatic rings. The highest BCUT2D eigenvalue weighted by atomic mass is 16.8. The molecule has 0 aliphatic carbocycles. The van der Waals surface area contributed by atoms with Crippen molar-refractivity contribution in [2.75, 3.05) is 6.54 Å². The summed E-state index contributed by atoms with van der Waals surface area (Å²) in [4.78, 5) is 26.6. The van der Waals surface area contributed by atoms with E-state index in [9.17, 15) is 19.8 Å². The molecule has 1 rings (SSSR count). The minimum absolute atomic E-state index is 0.331. The monoisotopic (exact) mass is 404 g/mol. The topological polar surface area (TPSA) is 172 Å². The van der Waals surface area contributed by atoms with E-state index in [1.54, 1.807) is 41.5 Å². The predicted molar refractivity (Wildman–Crippen MR) is 95.2 cm³/mol. The van der Waals surface area contributed by atoms with E-state index >= 15 is 0 Å². The number of azide groups is 1. The quantitative estimate of drug-likeness (QED) is 0.274. The van der Waals surface area contributed by atoms with E-state index in [4.69, 9.17) is 24.5 Å². The average Bonchev–Trinajstić information content (AvgIpc) is 2.49. The summed E-state index contributed by atoms with van der Waals surface area (Å²) < 4.78 is 20.7. The first kappa shape index (κ1) is 23.8. The Labute approximate surface area is 162 Å². The number of amides is 1. The van der Waals surface area contributed by atoms with Crippen molar-refractivity contribution in [3.8, 4) is 0 Å². The molecule has 0 saturated carbocycles. The SMILES string of the molecule is CC(C)(C)OC(=O)N[C@H]1[C@H](OC(=O)OC(C)(C)C)O[C@H](CN=[N+]=[N-])[C@@H](O)[C@@H]1O. The van der Waals surface area contributed by atoms with E-state index < -0.39 is 54.1 Å². The first-order valence-corrected chi connectivity index (χ1v) is 8.65. The van der Waals surface area contributed by atoms with Crippen molar-refractivity contribution in [2.24, 2.45) is 5.11 Å². The van der Waals surface area contributed by atoms with Gasteiger partial charge in [-0.25, -0.2) is 9.59 Å². The minimum Gasteiger partial charge on any atom is -0.444 e. The zero-order valence-corrected chi connectivity index (χ0v) is 16.8. The molecular formula is C16H28N4O8. The molecule has 1 aliphatic heterocycles. The molecule has 28 heavy (non-hydrogen) atoms. The van der Waals surface area contributed by atoms with Crippen molar-refractivity contribution < 1.29 is 38.7 Å². The highest BCUT2D eigenvalue weighted by Crippen LogP contribution is 2.24. The van der Waals surface area contributed by atoms with E-state index in [0.29, 0.717) is 0 Å². The van der Waals surface area contributed by atoms with Crippen molar-refractivity contribution >= 4 is 12.2 Å². The van der Waals surface area contributed by atoms with Gasteiger partial charge in [0.2, 0.25) is 6.29 Å². The first-order valence-electron chi connectivity index (χ1n) is 8.65. The van der Waals surface area contributed by atoms with Crippen LogP contribution in [-0.2, 0) is 18.9 Å². The highest BCUT2D eigenvalue weighted by molar-refractivity contribution is 5.68. The van der Waals surface area contributed by atoms with Gasteiger partial charge in [-0.05, 0) is 47.1 Å². The van der Waals surface area contributed by atoms with Crippen LogP contribution in [0.15, 0.2) is 5.11 Å². The number of ether oxygens (including phenoxy) is 4. The molecule has 12 heteroatoms. The van der Waals surface area contributed by atoms with Crippen LogP contribution in [0.25, 0.3) is 10.4 Å². The summed E-state index contributed by atoms with van der Waals surface area (Å²) in [6.07, 6.45) is -7.86. The number of alkyl carbamates (subject to hydrolysis) is 1. The second-order valence-corrected chi connectivity index (χ2v) is 8.19. The van der Waals surface area contributed by atoms with Crippen LogP contribution >= 0.6 is 0 Å². The molecule has 160 valence electrons. The van der Waals surface area contributed by atoms with Crippen LogP contribution in [0.1, 0.15) is 41.5 Å². The fourth-order valence-corrected chi connectivity index (χ4v) is 2.27. The molecular weight excluding hydrogens is 376 g/mol. The van der Waals surface area contributed by atoms with Gasteiger partial charge in [0.15, 0.2) is 0 Å². The molecule has 0 radical (unpaired) electrons. The van der Waals surface area contributed by atoms with Gasteiger partial charge in [0.1, 0.15) is 29.5 Å². The smallest absolute Gasteiger partial charge is 0.444 e. The van der Waals surface area contributed by atoms with Crippen LogP contribution in [0.4, 0.5) is 9.59 Å². The van der Waals surface area contributed by atoms with Gasteiger partial charge < -0.3 is 34.5 Å². The molecule has 12 nitrogen and oxygen atoms in total. The van der Waals surface area contributed by atoms with E-state index in [1.807, 2.05) is 0 Å². The molecule has 1 aliphatic rings. The molecule has 1 heterocycles. The Hall–Kier alpha value is -2.27. The summed E-state index contributed by atoms with van der Waals surface area (Å²) in [6.45, 7) is 9.45. The van der Waals surface area contributed by atoms with Crippen LogP contribution in [-0.4, -0.2) is 70.9 Å². The lowest BCUT2D eigenvalue weighted by atomic mass is 9.97. The standard InChI is InChI=1S/C16H28N4O8/c1-15(2,3)27-13(23)19-9-11(22)10(21)8(7-18-20-17)25-12(9)26-14(24)28-16(4,5)6/h8-12,21-22H,7H2,1-6H3,(H,19,23)/t8-,9-,10-,11-,12+/m1/s1. The lowest BCUT2D eigenvalue weighted by Gasteiger charge is -2.41. The predicted octanol–water partition coefficient (Wildman–Crippen LogP) is 1.59. The maximum absolute atomic E-state index is 12.1. The summed E-state index contributed by atoms with van der Waals surface area (Å²) in [5, 5.41) is 26.2. The molecule has 0 spiro atoms. The van der Waals surface area contributed by atoms with Crippen LogP contribution in [0, 0.1) is 0 Å². The van der Waals surface area contributed by atoms with Gasteiger partial charge in [-0.3, -0.25) is 0 Å². The van der Waals surface area contributed by atoms with Crippen molar-refractivity contribution in [1.29, 1.82) is 0 Å². The third-order valence-corrected chi connectivity index (χ3v) is 3.31. The number of nitrogens with zero attached hydrogens (tertiary/aromatic N) is 3. The zero-order valence-electron chi connectivity index (χ0n) is 16.8. The number of carbonyl (C=O) groups excluding carboxylic acids is 2. The van der Waals surface area contributed by atoms with Crippen molar-refractivity contribution in [3.05, 3.63) is 10.4 Å². The Bertz CT molecular complexity index is 609. The summed E-state index contributed by atoms with van der Waals surface area (Å²) in [6, 6.07) is -1.36. The van der Waals surface area contributed by atoms with E-state index in [0.717, 1.165) is 0 Å². The number of aliphatic hydroxyl groups excluding tert-OH is 2. The Morgan fingerprint density at radius 3 is 2.18 bits per heavy atom. The van der Waals surface area contributed by atoms with Gasteiger partial charge in [0, 0.05) is 4.91 Å². The lowest BCUT2D eigenvalue weighted by Crippen LogP contribution is -2.65. The molecule has 0 unspecified atom stereocenters. The molecule has 0 bridgehead atoms. The molecule has 3 N–H and O–H groups in total. The van der Waals surface area contributed by atoms with Crippen molar-refractivity contribution in [2.45, 2.75) is 83.4 Å². The summed E-state index contributed by atoms with van der Waals surface area (Å²) in [5.74, 6) is 0. The molecule has 0 aromatic carbocycles. The summed E-state index contributed by atoms with van der Waals surface area (Å²) in [7, 11) is 0. The third kappa shape index (κ3) is 7.77. The molecule has 1 amide bonds. The van der Waals surface area contributed by atoms with E-state index in [1.165, 1.54) is 0 Å². The van der Waals surface area contributed by atoms with Gasteiger partial charge in [-0.1, -0.05) is 5.11 Å². The largest absolute Gasteiger partial charge is 0.511 e. The highest BCUT2D eigenvalue weighted by Gasteiger charge is 2.47. The second kappa shape index (κ2) is 9.28. The summed E-state index contributed by atoms with van der Waals surface area (Å²) >= 11 is 0. The van der Waals surface area contributed by atoms with Crippen LogP contribution in [0.3, 0.4) is 0 Å². The zero-order chi connectivity index (χ0) is 21.7. The molecule has 1 saturated heterocycles. The van der Waals surface area contributed by atoms with E-state index in [2.05, 4.69) is 15.3 Å². The van der Waals surface area contributed by atoms with Crippen LogP contribution < -0.4 is 5.32 Å².